The minimum absolute atomic E-state index is 0.0171. The van der Waals surface area contributed by atoms with Crippen LogP contribution < -0.4 is 4.72 Å². The summed E-state index contributed by atoms with van der Waals surface area (Å²) in [5.41, 5.74) is -1.14. The highest BCUT2D eigenvalue weighted by atomic mass is 32.2. The Bertz CT molecular complexity index is 1380. The van der Waals surface area contributed by atoms with Crippen molar-refractivity contribution in [1.29, 1.82) is 0 Å². The number of carbonyl (C=O) groups excluding carboxylic acids is 1. The van der Waals surface area contributed by atoms with E-state index in [0.29, 0.717) is 37.8 Å². The molecule has 204 valence electrons. The van der Waals surface area contributed by atoms with Crippen molar-refractivity contribution in [2.24, 2.45) is 10.8 Å². The van der Waals surface area contributed by atoms with Crippen molar-refractivity contribution in [3.63, 3.8) is 0 Å². The number of nitrogens with zero attached hydrogens (tertiary/aromatic N) is 4. The van der Waals surface area contributed by atoms with E-state index in [2.05, 4.69) is 19.9 Å². The summed E-state index contributed by atoms with van der Waals surface area (Å²) in [7, 11) is -4.31. The molecule has 7 rings (SSSR count). The first kappa shape index (κ1) is 24.4. The summed E-state index contributed by atoms with van der Waals surface area (Å²) < 4.78 is 67.6. The Balaban J connectivity index is 0.871. The molecule has 2 saturated heterocycles. The van der Waals surface area contributed by atoms with Gasteiger partial charge in [0.2, 0.25) is 10.0 Å². The highest BCUT2D eigenvalue weighted by molar-refractivity contribution is 7.89. The van der Waals surface area contributed by atoms with Gasteiger partial charge in [-0.05, 0) is 50.7 Å². The van der Waals surface area contributed by atoms with Gasteiger partial charge in [-0.15, -0.1) is 10.2 Å². The van der Waals surface area contributed by atoms with E-state index >= 15 is 0 Å². The molecular formula is C25H29F3N6O3S. The Labute approximate surface area is 218 Å². The lowest BCUT2D eigenvalue weighted by Gasteiger charge is -2.63. The van der Waals surface area contributed by atoms with Crippen LogP contribution in [0.3, 0.4) is 0 Å². The van der Waals surface area contributed by atoms with Crippen LogP contribution >= 0.6 is 0 Å². The number of rotatable bonds is 5. The molecule has 1 aromatic carbocycles. The normalized spacial score (nSPS) is 24.6. The van der Waals surface area contributed by atoms with E-state index in [9.17, 15) is 26.4 Å². The lowest BCUT2D eigenvalue weighted by Crippen LogP contribution is -2.72. The maximum absolute atomic E-state index is 13.3. The third-order valence-electron chi connectivity index (χ3n) is 9.04. The summed E-state index contributed by atoms with van der Waals surface area (Å²) in [5, 5.41) is 8.61. The fraction of sp³-hybridized carbons (Fsp3) is 0.640. The van der Waals surface area contributed by atoms with E-state index in [4.69, 9.17) is 0 Å². The molecule has 9 nitrogen and oxygen atoms in total. The third kappa shape index (κ3) is 4.00. The van der Waals surface area contributed by atoms with Gasteiger partial charge >= 0.3 is 12.2 Å². The molecule has 0 atom stereocenters. The van der Waals surface area contributed by atoms with E-state index in [0.717, 1.165) is 49.7 Å². The van der Waals surface area contributed by atoms with Gasteiger partial charge in [-0.3, -0.25) is 0 Å². The molecule has 5 fully saturated rings. The third-order valence-corrected chi connectivity index (χ3v) is 10.6. The van der Waals surface area contributed by atoms with E-state index in [1.807, 2.05) is 4.90 Å². The number of hydrogen-bond acceptors (Lipinski definition) is 5. The van der Waals surface area contributed by atoms with Gasteiger partial charge < -0.3 is 14.8 Å². The Morgan fingerprint density at radius 3 is 2.05 bits per heavy atom. The Morgan fingerprint density at radius 1 is 0.921 bits per heavy atom. The maximum Gasteiger partial charge on any atom is 0.417 e. The standard InChI is InChI=1S/C25H29F3N6O3S/c26-25(27,28)18-3-1-2-4-19(18)38(36,37)32-17-9-24(10-17)13-34(14-24)22(35)33-11-23(12-33)7-16(8-23)21-29-20(30-31-21)15-5-6-15/h1-4,15-17,32H,5-14H2,(H,29,30,31). The number of alkyl halides is 3. The summed E-state index contributed by atoms with van der Waals surface area (Å²) in [4.78, 5) is 19.2. The van der Waals surface area contributed by atoms with Crippen LogP contribution in [0.2, 0.25) is 0 Å². The molecule has 1 aromatic heterocycles. The number of urea groups is 1. The van der Waals surface area contributed by atoms with Crippen molar-refractivity contribution in [1.82, 2.24) is 29.7 Å². The zero-order chi connectivity index (χ0) is 26.5. The minimum Gasteiger partial charge on any atom is -0.328 e. The molecule has 3 aliphatic carbocycles. The smallest absolute Gasteiger partial charge is 0.328 e. The summed E-state index contributed by atoms with van der Waals surface area (Å²) in [6, 6.07) is 3.78. The average molecular weight is 551 g/mol. The summed E-state index contributed by atoms with van der Waals surface area (Å²) >= 11 is 0. The Kier molecular flexibility index (Phi) is 5.09. The lowest BCUT2D eigenvalue weighted by atomic mass is 9.57. The van der Waals surface area contributed by atoms with Gasteiger partial charge in [-0.2, -0.15) is 13.2 Å². The van der Waals surface area contributed by atoms with Crippen molar-refractivity contribution in [2.75, 3.05) is 26.2 Å². The molecule has 3 saturated carbocycles. The number of amides is 2. The Morgan fingerprint density at radius 2 is 1.47 bits per heavy atom. The zero-order valence-corrected chi connectivity index (χ0v) is 21.5. The molecule has 38 heavy (non-hydrogen) atoms. The van der Waals surface area contributed by atoms with E-state index < -0.39 is 32.7 Å². The van der Waals surface area contributed by atoms with Gasteiger partial charge in [0.15, 0.2) is 0 Å². The van der Waals surface area contributed by atoms with Crippen LogP contribution in [0.1, 0.15) is 67.6 Å². The van der Waals surface area contributed by atoms with Gasteiger partial charge in [-0.1, -0.05) is 12.1 Å². The first-order valence-corrected chi connectivity index (χ1v) is 14.6. The summed E-state index contributed by atoms with van der Waals surface area (Å²) in [5.74, 6) is 2.93. The summed E-state index contributed by atoms with van der Waals surface area (Å²) in [6.07, 6.45) is 0.659. The molecule has 2 aromatic rings. The molecule has 0 unspecified atom stereocenters. The number of carbonyl (C=O) groups is 1. The van der Waals surface area contributed by atoms with Crippen molar-refractivity contribution >= 4 is 16.1 Å². The summed E-state index contributed by atoms with van der Waals surface area (Å²) in [6.45, 7) is 2.60. The van der Waals surface area contributed by atoms with Crippen LogP contribution in [0.5, 0.6) is 0 Å². The van der Waals surface area contributed by atoms with Gasteiger partial charge in [0.25, 0.3) is 0 Å². The molecule has 5 aliphatic rings. The highest BCUT2D eigenvalue weighted by Gasteiger charge is 2.59. The molecule has 0 radical (unpaired) electrons. The first-order valence-electron chi connectivity index (χ1n) is 13.1. The second-order valence-electron chi connectivity index (χ2n) is 12.2. The number of benzene rings is 1. The monoisotopic (exact) mass is 550 g/mol. The Hall–Kier alpha value is -2.67. The number of halogens is 3. The second kappa shape index (κ2) is 7.93. The van der Waals surface area contributed by atoms with Gasteiger partial charge in [0, 0.05) is 54.9 Å². The first-order chi connectivity index (χ1) is 17.9. The number of likely N-dealkylation sites (tertiary alicyclic amines) is 2. The molecule has 13 heteroatoms. The maximum atomic E-state index is 13.3. The van der Waals surface area contributed by atoms with Crippen molar-refractivity contribution in [3.8, 4) is 0 Å². The lowest BCUT2D eigenvalue weighted by molar-refractivity contribution is -0.139. The van der Waals surface area contributed by atoms with Gasteiger partial charge in [-0.25, -0.2) is 17.9 Å². The molecule has 2 amide bonds. The fourth-order valence-corrected chi connectivity index (χ4v) is 8.46. The van der Waals surface area contributed by atoms with Crippen LogP contribution in [-0.2, 0) is 16.2 Å². The molecule has 2 aliphatic heterocycles. The number of sulfonamides is 1. The molecule has 2 N–H and O–H groups in total. The predicted molar refractivity (Wildman–Crippen MR) is 129 cm³/mol. The van der Waals surface area contributed by atoms with Crippen molar-refractivity contribution < 1.29 is 26.4 Å². The fourth-order valence-electron chi connectivity index (χ4n) is 6.99. The largest absolute Gasteiger partial charge is 0.417 e. The van der Waals surface area contributed by atoms with E-state index in [1.165, 1.54) is 25.0 Å². The number of aromatic nitrogens is 3. The zero-order valence-electron chi connectivity index (χ0n) is 20.7. The van der Waals surface area contributed by atoms with Crippen LogP contribution in [0.15, 0.2) is 29.2 Å². The van der Waals surface area contributed by atoms with Crippen LogP contribution in [-0.4, -0.2) is 71.7 Å². The predicted octanol–water partition coefficient (Wildman–Crippen LogP) is 3.44. The number of hydrogen-bond donors (Lipinski definition) is 2. The number of H-pyrrole nitrogens is 1. The molecular weight excluding hydrogens is 521 g/mol. The average Bonchev–Trinajstić information content (AvgIpc) is 3.49. The van der Waals surface area contributed by atoms with Gasteiger partial charge in [0.05, 0.1) is 10.5 Å². The molecule has 0 bridgehead atoms. The van der Waals surface area contributed by atoms with E-state index in [1.54, 1.807) is 4.90 Å². The quantitative estimate of drug-likeness (QED) is 0.593. The minimum atomic E-state index is -4.76. The van der Waals surface area contributed by atoms with Crippen molar-refractivity contribution in [3.05, 3.63) is 41.5 Å². The molecule has 3 heterocycles. The number of aromatic amines is 1. The van der Waals surface area contributed by atoms with Crippen LogP contribution in [0.25, 0.3) is 0 Å². The van der Waals surface area contributed by atoms with Crippen molar-refractivity contribution in [2.45, 2.75) is 67.5 Å². The topological polar surface area (TPSA) is 111 Å². The SMILES string of the molecule is O=C(N1CC2(CC(NS(=O)(=O)c3ccccc3C(F)(F)F)C2)C1)N1CC2(CC(c3nnc(C4CC4)[nH]3)C2)C1. The highest BCUT2D eigenvalue weighted by Crippen LogP contribution is 2.56. The number of nitrogens with one attached hydrogen (secondary N) is 2. The van der Waals surface area contributed by atoms with Gasteiger partial charge in [0.1, 0.15) is 11.6 Å². The van der Waals surface area contributed by atoms with Crippen LogP contribution in [0.4, 0.5) is 18.0 Å². The second-order valence-corrected chi connectivity index (χ2v) is 13.9. The van der Waals surface area contributed by atoms with Crippen LogP contribution in [0, 0.1) is 10.8 Å². The molecule has 2 spiro atoms. The van der Waals surface area contributed by atoms with E-state index in [-0.39, 0.29) is 16.9 Å².